The molecule has 0 aromatic heterocycles. The van der Waals surface area contributed by atoms with Crippen molar-refractivity contribution in [1.29, 1.82) is 0 Å². The predicted molar refractivity (Wildman–Crippen MR) is 65.7 cm³/mol. The second kappa shape index (κ2) is 4.83. The highest BCUT2D eigenvalue weighted by atomic mass is 79.9. The molecular formula is C10H13BrN2O2S. The zero-order valence-electron chi connectivity index (χ0n) is 8.61. The molecule has 0 amide bonds. The Kier molecular flexibility index (Phi) is 3.63. The van der Waals surface area contributed by atoms with E-state index in [1.165, 1.54) is 0 Å². The molecule has 16 heavy (non-hydrogen) atoms. The third-order valence-corrected chi connectivity index (χ3v) is 5.04. The maximum absolute atomic E-state index is 12.0. The predicted octanol–water partition coefficient (Wildman–Crippen LogP) is 1.09. The Morgan fingerprint density at radius 2 is 2.12 bits per heavy atom. The first-order chi connectivity index (χ1) is 7.59. The highest BCUT2D eigenvalue weighted by molar-refractivity contribution is 9.10. The van der Waals surface area contributed by atoms with Gasteiger partial charge < -0.3 is 5.32 Å². The summed E-state index contributed by atoms with van der Waals surface area (Å²) < 4.78 is 27.4. The number of hydrogen-bond acceptors (Lipinski definition) is 3. The molecule has 0 bridgehead atoms. The van der Waals surface area contributed by atoms with Gasteiger partial charge in [-0.25, -0.2) is 13.1 Å². The average Bonchev–Trinajstić information content (AvgIpc) is 2.70. The second-order valence-corrected chi connectivity index (χ2v) is 6.28. The summed E-state index contributed by atoms with van der Waals surface area (Å²) in [6.45, 7) is 1.56. The van der Waals surface area contributed by atoms with Crippen molar-refractivity contribution >= 4 is 26.0 Å². The standard InChI is InChI=1S/C10H13BrN2O2S/c11-9-3-1-2-4-10(9)16(14,15)13-8-5-6-12-7-8/h1-4,8,12-13H,5-7H2/t8-/m0/s1. The molecule has 1 aliphatic heterocycles. The fraction of sp³-hybridized carbons (Fsp3) is 0.400. The lowest BCUT2D eigenvalue weighted by atomic mass is 10.3. The van der Waals surface area contributed by atoms with E-state index in [9.17, 15) is 8.42 Å². The number of sulfonamides is 1. The van der Waals surface area contributed by atoms with Crippen molar-refractivity contribution in [2.24, 2.45) is 0 Å². The summed E-state index contributed by atoms with van der Waals surface area (Å²) >= 11 is 3.25. The molecule has 1 aromatic rings. The molecule has 1 saturated heterocycles. The highest BCUT2D eigenvalue weighted by Gasteiger charge is 2.23. The Labute approximate surface area is 104 Å². The van der Waals surface area contributed by atoms with E-state index in [-0.39, 0.29) is 6.04 Å². The summed E-state index contributed by atoms with van der Waals surface area (Å²) in [7, 11) is -3.41. The minimum absolute atomic E-state index is 0.00268. The van der Waals surface area contributed by atoms with Gasteiger partial charge in [-0.1, -0.05) is 12.1 Å². The van der Waals surface area contributed by atoms with Crippen LogP contribution in [0.3, 0.4) is 0 Å². The molecule has 0 spiro atoms. The summed E-state index contributed by atoms with van der Waals surface area (Å²) in [6, 6.07) is 6.82. The second-order valence-electron chi connectivity index (χ2n) is 3.74. The van der Waals surface area contributed by atoms with Crippen LogP contribution in [0.5, 0.6) is 0 Å². The first kappa shape index (κ1) is 12.0. The van der Waals surface area contributed by atoms with E-state index in [0.29, 0.717) is 15.9 Å². The zero-order valence-corrected chi connectivity index (χ0v) is 11.0. The van der Waals surface area contributed by atoms with Gasteiger partial charge in [0.1, 0.15) is 0 Å². The van der Waals surface area contributed by atoms with Crippen LogP contribution >= 0.6 is 15.9 Å². The first-order valence-electron chi connectivity index (χ1n) is 5.07. The molecule has 0 saturated carbocycles. The van der Waals surface area contributed by atoms with Gasteiger partial charge >= 0.3 is 0 Å². The molecule has 2 rings (SSSR count). The Morgan fingerprint density at radius 3 is 2.75 bits per heavy atom. The summed E-state index contributed by atoms with van der Waals surface area (Å²) in [5.41, 5.74) is 0. The number of hydrogen-bond donors (Lipinski definition) is 2. The molecule has 1 heterocycles. The number of rotatable bonds is 3. The van der Waals surface area contributed by atoms with Crippen LogP contribution in [-0.4, -0.2) is 27.5 Å². The lowest BCUT2D eigenvalue weighted by Crippen LogP contribution is -2.36. The molecule has 0 unspecified atom stereocenters. The van der Waals surface area contributed by atoms with Gasteiger partial charge in [0.2, 0.25) is 10.0 Å². The van der Waals surface area contributed by atoms with Gasteiger partial charge in [0.15, 0.2) is 0 Å². The van der Waals surface area contributed by atoms with Crippen LogP contribution < -0.4 is 10.0 Å². The summed E-state index contributed by atoms with van der Waals surface area (Å²) in [5.74, 6) is 0. The summed E-state index contributed by atoms with van der Waals surface area (Å²) in [4.78, 5) is 0.293. The van der Waals surface area contributed by atoms with Gasteiger partial charge in [0.25, 0.3) is 0 Å². The average molecular weight is 305 g/mol. The Hall–Kier alpha value is -0.430. The van der Waals surface area contributed by atoms with Crippen molar-refractivity contribution in [2.45, 2.75) is 17.4 Å². The highest BCUT2D eigenvalue weighted by Crippen LogP contribution is 2.21. The molecule has 6 heteroatoms. The monoisotopic (exact) mass is 304 g/mol. The Bertz CT molecular complexity index is 469. The van der Waals surface area contributed by atoms with E-state index in [0.717, 1.165) is 13.0 Å². The minimum atomic E-state index is -3.41. The normalized spacial score (nSPS) is 21.2. The molecule has 88 valence electrons. The van der Waals surface area contributed by atoms with Crippen LogP contribution in [0.2, 0.25) is 0 Å². The third-order valence-electron chi connectivity index (χ3n) is 2.51. The van der Waals surface area contributed by atoms with Crippen molar-refractivity contribution in [3.05, 3.63) is 28.7 Å². The van der Waals surface area contributed by atoms with Crippen molar-refractivity contribution in [2.75, 3.05) is 13.1 Å². The Balaban J connectivity index is 2.21. The molecule has 0 aliphatic carbocycles. The van der Waals surface area contributed by atoms with Crippen LogP contribution in [-0.2, 0) is 10.0 Å². The molecule has 0 radical (unpaired) electrons. The van der Waals surface area contributed by atoms with E-state index >= 15 is 0 Å². The van der Waals surface area contributed by atoms with Gasteiger partial charge in [-0.15, -0.1) is 0 Å². The van der Waals surface area contributed by atoms with Crippen molar-refractivity contribution in [1.82, 2.24) is 10.0 Å². The molecule has 2 N–H and O–H groups in total. The Morgan fingerprint density at radius 1 is 1.38 bits per heavy atom. The van der Waals surface area contributed by atoms with Crippen molar-refractivity contribution in [3.8, 4) is 0 Å². The lowest BCUT2D eigenvalue weighted by Gasteiger charge is -2.12. The fourth-order valence-corrected chi connectivity index (χ4v) is 3.97. The number of nitrogens with one attached hydrogen (secondary N) is 2. The SMILES string of the molecule is O=S(=O)(N[C@H]1CCNC1)c1ccccc1Br. The third kappa shape index (κ3) is 2.63. The van der Waals surface area contributed by atoms with E-state index < -0.39 is 10.0 Å². The summed E-state index contributed by atoms with van der Waals surface area (Å²) in [6.07, 6.45) is 0.837. The minimum Gasteiger partial charge on any atom is -0.315 e. The number of halogens is 1. The lowest BCUT2D eigenvalue weighted by molar-refractivity contribution is 0.559. The maximum atomic E-state index is 12.0. The van der Waals surface area contributed by atoms with Gasteiger partial charge in [-0.05, 0) is 41.0 Å². The van der Waals surface area contributed by atoms with Gasteiger partial charge in [-0.2, -0.15) is 0 Å². The number of benzene rings is 1. The summed E-state index contributed by atoms with van der Waals surface area (Å²) in [5, 5.41) is 3.12. The van der Waals surface area contributed by atoms with Crippen molar-refractivity contribution in [3.63, 3.8) is 0 Å². The zero-order chi connectivity index (χ0) is 11.6. The molecule has 1 aromatic carbocycles. The van der Waals surface area contributed by atoms with Gasteiger partial charge in [-0.3, -0.25) is 0 Å². The molecule has 1 fully saturated rings. The first-order valence-corrected chi connectivity index (χ1v) is 7.35. The quantitative estimate of drug-likeness (QED) is 0.879. The van der Waals surface area contributed by atoms with Crippen LogP contribution in [0.25, 0.3) is 0 Å². The van der Waals surface area contributed by atoms with Crippen molar-refractivity contribution < 1.29 is 8.42 Å². The molecule has 4 nitrogen and oxygen atoms in total. The van der Waals surface area contributed by atoms with Gasteiger partial charge in [0.05, 0.1) is 4.90 Å². The smallest absolute Gasteiger partial charge is 0.241 e. The largest absolute Gasteiger partial charge is 0.315 e. The topological polar surface area (TPSA) is 58.2 Å². The van der Waals surface area contributed by atoms with Crippen LogP contribution in [0.1, 0.15) is 6.42 Å². The van der Waals surface area contributed by atoms with Crippen LogP contribution in [0.15, 0.2) is 33.6 Å². The fourth-order valence-electron chi connectivity index (χ4n) is 1.70. The molecular weight excluding hydrogens is 292 g/mol. The van der Waals surface area contributed by atoms with E-state index in [1.807, 2.05) is 0 Å². The molecule has 1 aliphatic rings. The maximum Gasteiger partial charge on any atom is 0.241 e. The van der Waals surface area contributed by atoms with Gasteiger partial charge in [0, 0.05) is 17.1 Å². The van der Waals surface area contributed by atoms with Crippen LogP contribution in [0.4, 0.5) is 0 Å². The molecule has 1 atom stereocenters. The van der Waals surface area contributed by atoms with Crippen LogP contribution in [0, 0.1) is 0 Å². The van der Waals surface area contributed by atoms with E-state index in [1.54, 1.807) is 24.3 Å². The van der Waals surface area contributed by atoms with E-state index in [2.05, 4.69) is 26.0 Å². The van der Waals surface area contributed by atoms with E-state index in [4.69, 9.17) is 0 Å².